The second-order valence-electron chi connectivity index (χ2n) is 4.60. The summed E-state index contributed by atoms with van der Waals surface area (Å²) in [7, 11) is -2.89. The minimum atomic E-state index is -2.89. The molecule has 6 heteroatoms. The van der Waals surface area contributed by atoms with Crippen LogP contribution in [0, 0.1) is 5.92 Å². The van der Waals surface area contributed by atoms with Crippen LogP contribution in [0.2, 0.25) is 0 Å². The minimum absolute atomic E-state index is 0.133. The molecule has 0 bridgehead atoms. The van der Waals surface area contributed by atoms with Crippen molar-refractivity contribution < 1.29 is 8.42 Å². The van der Waals surface area contributed by atoms with Crippen molar-refractivity contribution in [1.29, 1.82) is 0 Å². The first-order valence-corrected chi connectivity index (χ1v) is 8.53. The molecule has 0 aliphatic carbocycles. The van der Waals surface area contributed by atoms with E-state index in [-0.39, 0.29) is 5.75 Å². The van der Waals surface area contributed by atoms with E-state index >= 15 is 0 Å². The number of aliphatic imine (C=N–C) groups is 1. The lowest BCUT2D eigenvalue weighted by Gasteiger charge is -2.11. The van der Waals surface area contributed by atoms with E-state index in [1.807, 2.05) is 0 Å². The van der Waals surface area contributed by atoms with Crippen LogP contribution in [-0.4, -0.2) is 43.9 Å². The van der Waals surface area contributed by atoms with Crippen LogP contribution in [0.25, 0.3) is 0 Å². The van der Waals surface area contributed by atoms with E-state index in [9.17, 15) is 8.42 Å². The first-order valence-electron chi connectivity index (χ1n) is 5.48. The Labute approximate surface area is 102 Å². The molecule has 1 unspecified atom stereocenters. The van der Waals surface area contributed by atoms with Crippen LogP contribution in [0.1, 0.15) is 20.3 Å². The van der Waals surface area contributed by atoms with E-state index in [1.54, 1.807) is 11.8 Å². The molecule has 16 heavy (non-hydrogen) atoms. The largest absolute Gasteiger partial charge is 0.361 e. The maximum absolute atomic E-state index is 10.9. The van der Waals surface area contributed by atoms with Gasteiger partial charge in [-0.1, -0.05) is 25.6 Å². The van der Waals surface area contributed by atoms with Gasteiger partial charge in [0, 0.05) is 18.1 Å². The van der Waals surface area contributed by atoms with Gasteiger partial charge in [-0.15, -0.1) is 0 Å². The standard InChI is InChI=1S/C10H20N2O2S2/c1-8(2)6-9-7-15-10(12-9)11-4-5-16(3,13)14/h8-9H,4-7H2,1-3H3,(H,11,12). The third-order valence-electron chi connectivity index (χ3n) is 2.22. The number of sulfone groups is 1. The van der Waals surface area contributed by atoms with Crippen LogP contribution in [0.3, 0.4) is 0 Å². The lowest BCUT2D eigenvalue weighted by molar-refractivity contribution is 0.502. The molecule has 1 saturated heterocycles. The predicted molar refractivity (Wildman–Crippen MR) is 70.8 cm³/mol. The van der Waals surface area contributed by atoms with E-state index in [2.05, 4.69) is 24.2 Å². The molecular formula is C10H20N2O2S2. The highest BCUT2D eigenvalue weighted by atomic mass is 32.2. The maximum atomic E-state index is 10.9. The molecule has 1 heterocycles. The lowest BCUT2D eigenvalue weighted by atomic mass is 10.1. The van der Waals surface area contributed by atoms with Crippen molar-refractivity contribution >= 4 is 26.8 Å². The molecule has 1 aliphatic heterocycles. The molecule has 0 aromatic carbocycles. The Kier molecular flexibility index (Phi) is 5.11. The summed E-state index contributed by atoms with van der Waals surface area (Å²) < 4.78 is 21.8. The zero-order chi connectivity index (χ0) is 12.2. The van der Waals surface area contributed by atoms with Crippen LogP contribution in [-0.2, 0) is 9.84 Å². The third kappa shape index (κ3) is 5.75. The van der Waals surface area contributed by atoms with Crippen molar-refractivity contribution in [2.24, 2.45) is 10.9 Å². The zero-order valence-electron chi connectivity index (χ0n) is 10.1. The van der Waals surface area contributed by atoms with Crippen molar-refractivity contribution in [2.45, 2.75) is 26.3 Å². The van der Waals surface area contributed by atoms with Crippen LogP contribution in [0.4, 0.5) is 0 Å². The Morgan fingerprint density at radius 3 is 2.81 bits per heavy atom. The summed E-state index contributed by atoms with van der Waals surface area (Å²) in [5.41, 5.74) is 0. The predicted octanol–water partition coefficient (Wildman–Crippen LogP) is 1.14. The molecule has 0 spiro atoms. The molecular weight excluding hydrogens is 244 g/mol. The molecule has 0 radical (unpaired) electrons. The highest BCUT2D eigenvalue weighted by Gasteiger charge is 2.20. The summed E-state index contributed by atoms with van der Waals surface area (Å²) in [4.78, 5) is 4.26. The Bertz CT molecular complexity index is 350. The third-order valence-corrected chi connectivity index (χ3v) is 4.24. The van der Waals surface area contributed by atoms with Crippen LogP contribution in [0.5, 0.6) is 0 Å². The molecule has 1 fully saturated rings. The monoisotopic (exact) mass is 264 g/mol. The molecule has 1 atom stereocenters. The van der Waals surface area contributed by atoms with Gasteiger partial charge in [0.25, 0.3) is 0 Å². The number of nitrogens with one attached hydrogen (secondary N) is 1. The Hall–Kier alpha value is -0.230. The lowest BCUT2D eigenvalue weighted by Crippen LogP contribution is -2.28. The van der Waals surface area contributed by atoms with Crippen molar-refractivity contribution in [3.63, 3.8) is 0 Å². The van der Waals surface area contributed by atoms with E-state index in [1.165, 1.54) is 6.26 Å². The number of rotatable bonds is 5. The molecule has 1 aliphatic rings. The Morgan fingerprint density at radius 2 is 2.25 bits per heavy atom. The SMILES string of the molecule is CC(C)CC1CSC(=NCCS(C)(=O)=O)N1. The zero-order valence-corrected chi connectivity index (χ0v) is 11.7. The smallest absolute Gasteiger partial charge is 0.156 e. The Morgan fingerprint density at radius 1 is 1.56 bits per heavy atom. The molecule has 1 N–H and O–H groups in total. The van der Waals surface area contributed by atoms with E-state index < -0.39 is 9.84 Å². The van der Waals surface area contributed by atoms with Gasteiger partial charge in [0.1, 0.15) is 9.84 Å². The first kappa shape index (κ1) is 13.8. The fourth-order valence-electron chi connectivity index (χ4n) is 1.54. The maximum Gasteiger partial charge on any atom is 0.156 e. The highest BCUT2D eigenvalue weighted by molar-refractivity contribution is 8.14. The van der Waals surface area contributed by atoms with Crippen LogP contribution >= 0.6 is 11.8 Å². The highest BCUT2D eigenvalue weighted by Crippen LogP contribution is 2.18. The molecule has 4 nitrogen and oxygen atoms in total. The average molecular weight is 264 g/mol. The minimum Gasteiger partial charge on any atom is -0.361 e. The summed E-state index contributed by atoms with van der Waals surface area (Å²) in [6.45, 7) is 4.76. The van der Waals surface area contributed by atoms with E-state index in [4.69, 9.17) is 0 Å². The second-order valence-corrected chi connectivity index (χ2v) is 7.87. The van der Waals surface area contributed by atoms with Gasteiger partial charge in [-0.3, -0.25) is 4.99 Å². The van der Waals surface area contributed by atoms with Crippen molar-refractivity contribution in [2.75, 3.05) is 24.3 Å². The quantitative estimate of drug-likeness (QED) is 0.809. The number of thioether (sulfide) groups is 1. The number of amidine groups is 1. The normalized spacial score (nSPS) is 24.0. The molecule has 0 aromatic rings. The molecule has 0 aromatic heterocycles. The van der Waals surface area contributed by atoms with Crippen molar-refractivity contribution in [1.82, 2.24) is 5.32 Å². The molecule has 0 saturated carbocycles. The summed E-state index contributed by atoms with van der Waals surface area (Å²) >= 11 is 1.69. The summed E-state index contributed by atoms with van der Waals surface area (Å²) in [6.07, 6.45) is 2.38. The molecule has 94 valence electrons. The molecule has 0 amide bonds. The molecule has 1 rings (SSSR count). The summed E-state index contributed by atoms with van der Waals surface area (Å²) in [5.74, 6) is 1.84. The van der Waals surface area contributed by atoms with Crippen molar-refractivity contribution in [3.8, 4) is 0 Å². The van der Waals surface area contributed by atoms with Crippen molar-refractivity contribution in [3.05, 3.63) is 0 Å². The number of hydrogen-bond donors (Lipinski definition) is 1. The summed E-state index contributed by atoms with van der Waals surface area (Å²) in [6, 6.07) is 0.488. The average Bonchev–Trinajstić information content (AvgIpc) is 2.49. The fraction of sp³-hybridized carbons (Fsp3) is 0.900. The van der Waals surface area contributed by atoms with Gasteiger partial charge in [0.05, 0.1) is 12.3 Å². The first-order chi connectivity index (χ1) is 7.37. The topological polar surface area (TPSA) is 58.5 Å². The number of hydrogen-bond acceptors (Lipinski definition) is 4. The van der Waals surface area contributed by atoms with Gasteiger partial charge in [-0.25, -0.2) is 8.42 Å². The number of nitrogens with zero attached hydrogens (tertiary/aromatic N) is 1. The Balaban J connectivity index is 2.32. The van der Waals surface area contributed by atoms with Gasteiger partial charge in [-0.2, -0.15) is 0 Å². The van der Waals surface area contributed by atoms with Gasteiger partial charge in [0.15, 0.2) is 5.17 Å². The van der Waals surface area contributed by atoms with Crippen LogP contribution in [0.15, 0.2) is 4.99 Å². The van der Waals surface area contributed by atoms with E-state index in [0.717, 1.165) is 17.3 Å². The van der Waals surface area contributed by atoms with Gasteiger partial charge in [0.2, 0.25) is 0 Å². The van der Waals surface area contributed by atoms with Gasteiger partial charge in [-0.05, 0) is 12.3 Å². The second kappa shape index (κ2) is 5.91. The van der Waals surface area contributed by atoms with Gasteiger partial charge >= 0.3 is 0 Å². The van der Waals surface area contributed by atoms with Gasteiger partial charge < -0.3 is 5.32 Å². The van der Waals surface area contributed by atoms with E-state index in [0.29, 0.717) is 18.5 Å². The van der Waals surface area contributed by atoms with Crippen LogP contribution < -0.4 is 5.32 Å². The summed E-state index contributed by atoms with van der Waals surface area (Å²) in [5, 5.41) is 4.22. The fourth-order valence-corrected chi connectivity index (χ4v) is 2.97.